The Morgan fingerprint density at radius 3 is 2.71 bits per heavy atom. The molecule has 0 radical (unpaired) electrons. The minimum atomic E-state index is -3.43. The summed E-state index contributed by atoms with van der Waals surface area (Å²) in [5.41, 5.74) is 1.27. The second-order valence-electron chi connectivity index (χ2n) is 5.05. The predicted octanol–water partition coefficient (Wildman–Crippen LogP) is 1.62. The smallest absolute Gasteiger partial charge is 0.303 e. The first-order valence-corrected chi connectivity index (χ1v) is 8.42. The van der Waals surface area contributed by atoms with Gasteiger partial charge in [0.2, 0.25) is 10.0 Å². The molecule has 0 aromatic heterocycles. The van der Waals surface area contributed by atoms with Crippen LogP contribution in [-0.4, -0.2) is 38.0 Å². The number of hydrogen-bond acceptors (Lipinski definition) is 4. The van der Waals surface area contributed by atoms with Crippen LogP contribution < -0.4 is 4.72 Å². The molecule has 6 nitrogen and oxygen atoms in total. The molecule has 1 saturated heterocycles. The van der Waals surface area contributed by atoms with Crippen molar-refractivity contribution in [2.75, 3.05) is 17.9 Å². The summed E-state index contributed by atoms with van der Waals surface area (Å²) in [5, 5.41) is 8.24. The highest BCUT2D eigenvalue weighted by atomic mass is 32.2. The average molecular weight is 313 g/mol. The number of aryl methyl sites for hydroxylation is 1. The summed E-state index contributed by atoms with van der Waals surface area (Å²) in [6, 6.07) is 6.86. The number of nitrogens with one attached hydrogen (secondary N) is 1. The van der Waals surface area contributed by atoms with E-state index in [-0.39, 0.29) is 6.42 Å². The summed E-state index contributed by atoms with van der Waals surface area (Å²) >= 11 is 0. The number of carboxylic acids is 1. The minimum absolute atomic E-state index is 0.0240. The van der Waals surface area contributed by atoms with Gasteiger partial charge >= 0.3 is 5.97 Å². The Bertz CT molecular complexity index is 593. The molecular weight excluding hydrogens is 294 g/mol. The highest BCUT2D eigenvalue weighted by molar-refractivity contribution is 7.93. The van der Waals surface area contributed by atoms with Gasteiger partial charge in [-0.15, -0.1) is 0 Å². The van der Waals surface area contributed by atoms with Gasteiger partial charge < -0.3 is 9.84 Å². The number of aliphatic carboxylic acids is 1. The summed E-state index contributed by atoms with van der Waals surface area (Å²) in [4.78, 5) is 10.6. The quantitative estimate of drug-likeness (QED) is 0.832. The summed E-state index contributed by atoms with van der Waals surface area (Å²) in [7, 11) is -3.43. The van der Waals surface area contributed by atoms with Crippen molar-refractivity contribution in [2.45, 2.75) is 30.9 Å². The van der Waals surface area contributed by atoms with Crippen molar-refractivity contribution in [3.8, 4) is 0 Å². The highest BCUT2D eigenvalue weighted by Gasteiger charge is 2.27. The van der Waals surface area contributed by atoms with E-state index in [1.807, 2.05) is 0 Å². The van der Waals surface area contributed by atoms with Gasteiger partial charge in [-0.3, -0.25) is 9.52 Å². The van der Waals surface area contributed by atoms with E-state index in [2.05, 4.69) is 4.72 Å². The Labute approximate surface area is 124 Å². The van der Waals surface area contributed by atoms with Gasteiger partial charge in [0.25, 0.3) is 0 Å². The molecule has 0 aliphatic carbocycles. The van der Waals surface area contributed by atoms with Crippen molar-refractivity contribution in [3.05, 3.63) is 29.8 Å². The Morgan fingerprint density at radius 1 is 1.33 bits per heavy atom. The second-order valence-corrected chi connectivity index (χ2v) is 7.01. The molecule has 0 amide bonds. The first-order chi connectivity index (χ1) is 9.97. The molecule has 1 heterocycles. The lowest BCUT2D eigenvalue weighted by Gasteiger charge is -2.22. The maximum Gasteiger partial charge on any atom is 0.303 e. The van der Waals surface area contributed by atoms with Gasteiger partial charge in [-0.25, -0.2) is 8.42 Å². The normalized spacial score (nSPS) is 16.6. The Morgan fingerprint density at radius 2 is 2.05 bits per heavy atom. The third-order valence-electron chi connectivity index (χ3n) is 3.42. The standard InChI is InChI=1S/C14H19NO5S/c16-14(17)5-4-11-2-1-3-12(10-11)15-21(18,19)13-6-8-20-9-7-13/h1-3,10,13,15H,4-9H2,(H,16,17). The fourth-order valence-corrected chi connectivity index (χ4v) is 3.71. The van der Waals surface area contributed by atoms with Crippen LogP contribution in [0.4, 0.5) is 5.69 Å². The van der Waals surface area contributed by atoms with Crippen molar-refractivity contribution in [1.29, 1.82) is 0 Å². The number of benzene rings is 1. The number of anilines is 1. The van der Waals surface area contributed by atoms with E-state index in [9.17, 15) is 13.2 Å². The van der Waals surface area contributed by atoms with Crippen LogP contribution in [0, 0.1) is 0 Å². The Balaban J connectivity index is 2.04. The molecule has 7 heteroatoms. The van der Waals surface area contributed by atoms with E-state index < -0.39 is 21.2 Å². The summed E-state index contributed by atoms with van der Waals surface area (Å²) in [5.74, 6) is -0.872. The fourth-order valence-electron chi connectivity index (χ4n) is 2.28. The molecule has 1 aromatic rings. The van der Waals surface area contributed by atoms with Crippen molar-refractivity contribution in [2.24, 2.45) is 0 Å². The molecule has 0 unspecified atom stereocenters. The van der Waals surface area contributed by atoms with Gasteiger partial charge in [-0.2, -0.15) is 0 Å². The van der Waals surface area contributed by atoms with Crippen molar-refractivity contribution in [1.82, 2.24) is 0 Å². The van der Waals surface area contributed by atoms with Crippen LogP contribution in [0.5, 0.6) is 0 Å². The van der Waals surface area contributed by atoms with Gasteiger partial charge in [-0.1, -0.05) is 12.1 Å². The lowest BCUT2D eigenvalue weighted by molar-refractivity contribution is -0.136. The van der Waals surface area contributed by atoms with Crippen molar-refractivity contribution >= 4 is 21.7 Å². The van der Waals surface area contributed by atoms with Crippen LogP contribution in [0.15, 0.2) is 24.3 Å². The molecule has 0 atom stereocenters. The maximum atomic E-state index is 12.3. The largest absolute Gasteiger partial charge is 0.481 e. The molecule has 21 heavy (non-hydrogen) atoms. The highest BCUT2D eigenvalue weighted by Crippen LogP contribution is 2.20. The molecule has 1 aromatic carbocycles. The van der Waals surface area contributed by atoms with E-state index in [0.29, 0.717) is 38.2 Å². The third-order valence-corrected chi connectivity index (χ3v) is 5.29. The van der Waals surface area contributed by atoms with Gasteiger partial charge in [0.1, 0.15) is 0 Å². The monoisotopic (exact) mass is 313 g/mol. The van der Waals surface area contributed by atoms with Crippen LogP contribution in [0.3, 0.4) is 0 Å². The van der Waals surface area contributed by atoms with E-state index in [1.165, 1.54) is 0 Å². The van der Waals surface area contributed by atoms with Crippen LogP contribution >= 0.6 is 0 Å². The van der Waals surface area contributed by atoms with E-state index in [1.54, 1.807) is 24.3 Å². The van der Waals surface area contributed by atoms with E-state index >= 15 is 0 Å². The molecular formula is C14H19NO5S. The zero-order valence-electron chi connectivity index (χ0n) is 11.6. The Hall–Kier alpha value is -1.60. The number of carbonyl (C=O) groups is 1. The van der Waals surface area contributed by atoms with Crippen LogP contribution in [0.2, 0.25) is 0 Å². The number of hydrogen-bond donors (Lipinski definition) is 2. The summed E-state index contributed by atoms with van der Waals surface area (Å²) < 4.78 is 32.3. The molecule has 116 valence electrons. The molecule has 0 bridgehead atoms. The first kappa shape index (κ1) is 15.8. The molecule has 2 rings (SSSR count). The van der Waals surface area contributed by atoms with Gasteiger partial charge in [0.05, 0.1) is 5.25 Å². The molecule has 2 N–H and O–H groups in total. The summed E-state index contributed by atoms with van der Waals surface area (Å²) in [6.45, 7) is 0.925. The van der Waals surface area contributed by atoms with Crippen molar-refractivity contribution in [3.63, 3.8) is 0 Å². The predicted molar refractivity (Wildman–Crippen MR) is 78.8 cm³/mol. The second kappa shape index (κ2) is 6.91. The zero-order valence-corrected chi connectivity index (χ0v) is 12.4. The van der Waals surface area contributed by atoms with E-state index in [0.717, 1.165) is 5.56 Å². The topological polar surface area (TPSA) is 92.7 Å². The zero-order chi connectivity index (χ0) is 15.3. The molecule has 0 saturated carbocycles. The number of ether oxygens (including phenoxy) is 1. The van der Waals surface area contributed by atoms with Crippen LogP contribution in [-0.2, 0) is 26.0 Å². The van der Waals surface area contributed by atoms with Crippen LogP contribution in [0.1, 0.15) is 24.8 Å². The number of sulfonamides is 1. The average Bonchev–Trinajstić information content (AvgIpc) is 2.46. The maximum absolute atomic E-state index is 12.3. The SMILES string of the molecule is O=C(O)CCc1cccc(NS(=O)(=O)C2CCOCC2)c1. The lowest BCUT2D eigenvalue weighted by atomic mass is 10.1. The van der Waals surface area contributed by atoms with Crippen LogP contribution in [0.25, 0.3) is 0 Å². The fraction of sp³-hybridized carbons (Fsp3) is 0.500. The summed E-state index contributed by atoms with van der Waals surface area (Å²) in [6.07, 6.45) is 1.39. The Kier molecular flexibility index (Phi) is 5.19. The minimum Gasteiger partial charge on any atom is -0.481 e. The molecule has 1 fully saturated rings. The van der Waals surface area contributed by atoms with Gasteiger partial charge in [-0.05, 0) is 37.0 Å². The molecule has 1 aliphatic rings. The number of carboxylic acid groups (broad SMARTS) is 1. The van der Waals surface area contributed by atoms with Gasteiger partial charge in [0, 0.05) is 25.3 Å². The van der Waals surface area contributed by atoms with Gasteiger partial charge in [0.15, 0.2) is 0 Å². The molecule has 0 spiro atoms. The first-order valence-electron chi connectivity index (χ1n) is 6.87. The van der Waals surface area contributed by atoms with Crippen molar-refractivity contribution < 1.29 is 23.1 Å². The molecule has 1 aliphatic heterocycles. The lowest BCUT2D eigenvalue weighted by Crippen LogP contribution is -2.33. The van der Waals surface area contributed by atoms with E-state index in [4.69, 9.17) is 9.84 Å². The third kappa shape index (κ3) is 4.71. The number of rotatable bonds is 6.